The SMILES string of the molecule is COc1ccc(Cl)cc1C(O)c1ccc(Br)cn1. The molecule has 0 radical (unpaired) electrons. The number of benzene rings is 1. The van der Waals surface area contributed by atoms with Crippen molar-refractivity contribution in [1.29, 1.82) is 0 Å². The van der Waals surface area contributed by atoms with Crippen molar-refractivity contribution in [2.45, 2.75) is 6.10 Å². The van der Waals surface area contributed by atoms with Crippen molar-refractivity contribution in [3.8, 4) is 5.75 Å². The van der Waals surface area contributed by atoms with E-state index in [-0.39, 0.29) is 0 Å². The summed E-state index contributed by atoms with van der Waals surface area (Å²) < 4.78 is 6.07. The van der Waals surface area contributed by atoms with Gasteiger partial charge in [-0.05, 0) is 46.3 Å². The molecule has 1 aromatic heterocycles. The maximum atomic E-state index is 10.3. The highest BCUT2D eigenvalue weighted by molar-refractivity contribution is 9.10. The minimum absolute atomic E-state index is 0.541. The van der Waals surface area contributed by atoms with Gasteiger partial charge in [-0.25, -0.2) is 0 Å². The first kappa shape index (κ1) is 13.3. The molecule has 18 heavy (non-hydrogen) atoms. The highest BCUT2D eigenvalue weighted by atomic mass is 79.9. The maximum absolute atomic E-state index is 10.3. The number of nitrogens with zero attached hydrogens (tertiary/aromatic N) is 1. The third kappa shape index (κ3) is 2.83. The summed E-state index contributed by atoms with van der Waals surface area (Å²) in [5.74, 6) is 0.580. The number of aliphatic hydroxyl groups is 1. The van der Waals surface area contributed by atoms with E-state index in [0.29, 0.717) is 22.0 Å². The van der Waals surface area contributed by atoms with Crippen molar-refractivity contribution in [3.05, 3.63) is 57.3 Å². The largest absolute Gasteiger partial charge is 0.496 e. The highest BCUT2D eigenvalue weighted by Crippen LogP contribution is 2.31. The smallest absolute Gasteiger partial charge is 0.125 e. The van der Waals surface area contributed by atoms with E-state index in [4.69, 9.17) is 16.3 Å². The van der Waals surface area contributed by atoms with Crippen molar-refractivity contribution < 1.29 is 9.84 Å². The van der Waals surface area contributed by atoms with Crippen LogP contribution in [-0.2, 0) is 0 Å². The summed E-state index contributed by atoms with van der Waals surface area (Å²) in [6.07, 6.45) is 0.766. The average Bonchev–Trinajstić information content (AvgIpc) is 2.39. The Bertz CT molecular complexity index is 545. The number of aliphatic hydroxyl groups excluding tert-OH is 1. The fourth-order valence-electron chi connectivity index (χ4n) is 1.63. The molecule has 0 bridgehead atoms. The van der Waals surface area contributed by atoms with Crippen LogP contribution in [-0.4, -0.2) is 17.2 Å². The fourth-order valence-corrected chi connectivity index (χ4v) is 2.04. The molecule has 0 saturated carbocycles. The molecule has 1 unspecified atom stereocenters. The molecule has 0 saturated heterocycles. The number of rotatable bonds is 3. The van der Waals surface area contributed by atoms with Crippen LogP contribution >= 0.6 is 27.5 Å². The van der Waals surface area contributed by atoms with Gasteiger partial charge in [-0.2, -0.15) is 0 Å². The quantitative estimate of drug-likeness (QED) is 0.936. The van der Waals surface area contributed by atoms with Gasteiger partial charge in [-0.1, -0.05) is 11.6 Å². The lowest BCUT2D eigenvalue weighted by Gasteiger charge is -2.14. The predicted octanol–water partition coefficient (Wildman–Crippen LogP) is 3.59. The van der Waals surface area contributed by atoms with E-state index in [1.807, 2.05) is 6.07 Å². The van der Waals surface area contributed by atoms with Gasteiger partial charge in [0.2, 0.25) is 0 Å². The first-order valence-corrected chi connectivity index (χ1v) is 6.42. The van der Waals surface area contributed by atoms with Crippen LogP contribution in [0.4, 0.5) is 0 Å². The van der Waals surface area contributed by atoms with E-state index in [1.54, 1.807) is 37.6 Å². The Labute approximate surface area is 119 Å². The summed E-state index contributed by atoms with van der Waals surface area (Å²) in [6.45, 7) is 0. The van der Waals surface area contributed by atoms with Crippen molar-refractivity contribution in [1.82, 2.24) is 4.98 Å². The zero-order valence-corrected chi connectivity index (χ0v) is 11.9. The first-order chi connectivity index (χ1) is 8.61. The summed E-state index contributed by atoms with van der Waals surface area (Å²) in [7, 11) is 1.55. The Balaban J connectivity index is 2.41. The molecule has 0 spiro atoms. The van der Waals surface area contributed by atoms with Gasteiger partial charge in [-0.15, -0.1) is 0 Å². The molecule has 2 rings (SSSR count). The number of hydrogen-bond donors (Lipinski definition) is 1. The number of aromatic nitrogens is 1. The lowest BCUT2D eigenvalue weighted by Crippen LogP contribution is -2.04. The van der Waals surface area contributed by atoms with Crippen molar-refractivity contribution >= 4 is 27.5 Å². The van der Waals surface area contributed by atoms with Crippen LogP contribution in [0.1, 0.15) is 17.4 Å². The van der Waals surface area contributed by atoms with E-state index in [2.05, 4.69) is 20.9 Å². The second kappa shape index (κ2) is 5.69. The Morgan fingerprint density at radius 1 is 1.33 bits per heavy atom. The van der Waals surface area contributed by atoms with E-state index in [1.165, 1.54) is 0 Å². The number of methoxy groups -OCH3 is 1. The molecule has 5 heteroatoms. The van der Waals surface area contributed by atoms with Gasteiger partial charge in [0, 0.05) is 21.3 Å². The molecule has 1 aromatic carbocycles. The molecular formula is C13H11BrClNO2. The average molecular weight is 329 g/mol. The van der Waals surface area contributed by atoms with Crippen molar-refractivity contribution in [2.75, 3.05) is 7.11 Å². The maximum Gasteiger partial charge on any atom is 0.125 e. The second-order valence-electron chi connectivity index (χ2n) is 3.69. The van der Waals surface area contributed by atoms with Crippen LogP contribution in [0, 0.1) is 0 Å². The van der Waals surface area contributed by atoms with E-state index in [9.17, 15) is 5.11 Å². The zero-order chi connectivity index (χ0) is 13.1. The fraction of sp³-hybridized carbons (Fsp3) is 0.154. The minimum atomic E-state index is -0.869. The highest BCUT2D eigenvalue weighted by Gasteiger charge is 2.17. The zero-order valence-electron chi connectivity index (χ0n) is 9.60. The molecule has 1 atom stereocenters. The second-order valence-corrected chi connectivity index (χ2v) is 5.04. The van der Waals surface area contributed by atoms with Crippen LogP contribution in [0.5, 0.6) is 5.75 Å². The third-order valence-electron chi connectivity index (χ3n) is 2.52. The molecule has 0 amide bonds. The number of pyridine rings is 1. The van der Waals surface area contributed by atoms with Crippen LogP contribution in [0.25, 0.3) is 0 Å². The van der Waals surface area contributed by atoms with Gasteiger partial charge >= 0.3 is 0 Å². The summed E-state index contributed by atoms with van der Waals surface area (Å²) in [4.78, 5) is 4.16. The van der Waals surface area contributed by atoms with Crippen LogP contribution in [0.15, 0.2) is 41.0 Å². The first-order valence-electron chi connectivity index (χ1n) is 5.25. The molecule has 0 aliphatic rings. The van der Waals surface area contributed by atoms with Crippen molar-refractivity contribution in [2.24, 2.45) is 0 Å². The molecule has 1 heterocycles. The summed E-state index contributed by atoms with van der Waals surface area (Å²) in [6, 6.07) is 8.68. The van der Waals surface area contributed by atoms with Gasteiger partial charge in [0.1, 0.15) is 11.9 Å². The Kier molecular flexibility index (Phi) is 4.22. The summed E-state index contributed by atoms with van der Waals surface area (Å²) >= 11 is 9.24. The lowest BCUT2D eigenvalue weighted by molar-refractivity contribution is 0.210. The van der Waals surface area contributed by atoms with Gasteiger partial charge in [-0.3, -0.25) is 4.98 Å². The number of halogens is 2. The molecule has 0 aliphatic heterocycles. The van der Waals surface area contributed by atoms with Gasteiger partial charge in [0.25, 0.3) is 0 Å². The molecular weight excluding hydrogens is 318 g/mol. The third-order valence-corrected chi connectivity index (χ3v) is 3.22. The van der Waals surface area contributed by atoms with Crippen LogP contribution in [0.2, 0.25) is 5.02 Å². The normalized spacial score (nSPS) is 12.2. The number of hydrogen-bond acceptors (Lipinski definition) is 3. The Hall–Kier alpha value is -1.10. The topological polar surface area (TPSA) is 42.4 Å². The summed E-state index contributed by atoms with van der Waals surface area (Å²) in [5, 5.41) is 10.8. The van der Waals surface area contributed by atoms with E-state index in [0.717, 1.165) is 4.47 Å². The Morgan fingerprint density at radius 2 is 2.11 bits per heavy atom. The standard InChI is InChI=1S/C13H11BrClNO2/c1-18-12-5-3-9(15)6-10(12)13(17)11-4-2-8(14)7-16-11/h2-7,13,17H,1H3. The minimum Gasteiger partial charge on any atom is -0.496 e. The van der Waals surface area contributed by atoms with Crippen LogP contribution in [0.3, 0.4) is 0 Å². The number of ether oxygens (including phenoxy) is 1. The lowest BCUT2D eigenvalue weighted by atomic mass is 10.0. The molecule has 3 nitrogen and oxygen atoms in total. The van der Waals surface area contributed by atoms with Crippen molar-refractivity contribution in [3.63, 3.8) is 0 Å². The molecule has 94 valence electrons. The Morgan fingerprint density at radius 3 is 2.72 bits per heavy atom. The van der Waals surface area contributed by atoms with Gasteiger partial charge in [0.05, 0.1) is 12.8 Å². The molecule has 0 fully saturated rings. The predicted molar refractivity (Wildman–Crippen MR) is 74.0 cm³/mol. The molecule has 2 aromatic rings. The summed E-state index contributed by atoms with van der Waals surface area (Å²) in [5.41, 5.74) is 1.14. The van der Waals surface area contributed by atoms with Gasteiger partial charge in [0.15, 0.2) is 0 Å². The van der Waals surface area contributed by atoms with Gasteiger partial charge < -0.3 is 9.84 Å². The monoisotopic (exact) mass is 327 g/mol. The molecule has 0 aliphatic carbocycles. The van der Waals surface area contributed by atoms with E-state index < -0.39 is 6.10 Å². The van der Waals surface area contributed by atoms with E-state index >= 15 is 0 Å². The molecule has 1 N–H and O–H groups in total. The van der Waals surface area contributed by atoms with Crippen LogP contribution < -0.4 is 4.74 Å².